The van der Waals surface area contributed by atoms with Gasteiger partial charge < -0.3 is 16.9 Å². The number of hydrogen-bond donors (Lipinski definition) is 2. The van der Waals surface area contributed by atoms with Crippen LogP contribution in [0.3, 0.4) is 0 Å². The van der Waals surface area contributed by atoms with Gasteiger partial charge >= 0.3 is 17.1 Å². The first kappa shape index (κ1) is 18.2. The summed E-state index contributed by atoms with van der Waals surface area (Å²) < 4.78 is 0. The average Bonchev–Trinajstić information content (AvgIpc) is 2.50. The first-order chi connectivity index (χ1) is 7.81. The molecule has 0 aromatic heterocycles. The minimum absolute atomic E-state index is 0. The molecule has 2 aliphatic rings. The summed E-state index contributed by atoms with van der Waals surface area (Å²) in [5, 5.41) is 0. The molecular formula is C10H27CuN6O+2. The predicted octanol–water partition coefficient (Wildman–Crippen LogP) is -2.96. The van der Waals surface area contributed by atoms with Gasteiger partial charge in [0.05, 0.1) is 26.7 Å². The molecular weight excluding hydrogens is 284 g/mol. The monoisotopic (exact) mass is 310 g/mol. The molecule has 0 aliphatic carbocycles. The van der Waals surface area contributed by atoms with Crippen LogP contribution in [0.4, 0.5) is 0 Å². The molecule has 2 saturated heterocycles. The van der Waals surface area contributed by atoms with E-state index in [-0.39, 0.29) is 22.5 Å². The quantitative estimate of drug-likeness (QED) is 0.425. The minimum atomic E-state index is 0. The van der Waals surface area contributed by atoms with E-state index in [4.69, 9.17) is 11.5 Å². The molecule has 2 aliphatic heterocycles. The Labute approximate surface area is 120 Å². The Kier molecular flexibility index (Phi) is 9.31. The smallest absolute Gasteiger partial charge is 0.457 e. The Bertz CT molecular complexity index is 189. The molecule has 18 heavy (non-hydrogen) atoms. The van der Waals surface area contributed by atoms with E-state index in [1.807, 2.05) is 0 Å². The van der Waals surface area contributed by atoms with Gasteiger partial charge in [-0.15, -0.1) is 0 Å². The van der Waals surface area contributed by atoms with E-state index in [9.17, 15) is 0 Å². The fourth-order valence-electron chi connectivity index (χ4n) is 2.52. The summed E-state index contributed by atoms with van der Waals surface area (Å²) in [6.45, 7) is 9.92. The Morgan fingerprint density at radius 1 is 0.722 bits per heavy atom. The first-order valence-electron chi connectivity index (χ1n) is 6.11. The maximum atomic E-state index is 5.63. The van der Waals surface area contributed by atoms with Crippen LogP contribution in [0, 0.1) is 0 Å². The maximum Gasteiger partial charge on any atom is 1.00 e. The molecule has 8 heteroatoms. The standard InChI is InChI=1S/C10H24N6.Cu.H2O/c11-1-3-13-7-15-5-6-16(8-13)10-14(9-15)4-2-12;;/h1-12H2;;1H2/q;+1;/p+1. The molecule has 0 aromatic carbocycles. The van der Waals surface area contributed by atoms with Crippen LogP contribution in [-0.2, 0) is 22.5 Å². The molecule has 2 heterocycles. The number of hydrogen-bond acceptors (Lipinski definition) is 6. The third-order valence-corrected chi connectivity index (χ3v) is 3.22. The van der Waals surface area contributed by atoms with Gasteiger partial charge in [-0.3, -0.25) is 19.6 Å². The summed E-state index contributed by atoms with van der Waals surface area (Å²) in [5.74, 6) is 0. The molecule has 2 bridgehead atoms. The van der Waals surface area contributed by atoms with Gasteiger partial charge in [-0.05, 0) is 0 Å². The second kappa shape index (κ2) is 9.19. The van der Waals surface area contributed by atoms with Gasteiger partial charge in [-0.25, -0.2) is 0 Å². The van der Waals surface area contributed by atoms with Crippen molar-refractivity contribution >= 4 is 0 Å². The summed E-state index contributed by atoms with van der Waals surface area (Å²) in [6, 6.07) is 0. The predicted molar refractivity (Wildman–Crippen MR) is 69.3 cm³/mol. The van der Waals surface area contributed by atoms with Crippen molar-refractivity contribution in [2.24, 2.45) is 11.5 Å². The van der Waals surface area contributed by atoms with Crippen LogP contribution in [0.5, 0.6) is 0 Å². The van der Waals surface area contributed by atoms with Gasteiger partial charge in [0.15, 0.2) is 0 Å². The van der Waals surface area contributed by atoms with Gasteiger partial charge in [0, 0.05) is 39.3 Å². The van der Waals surface area contributed by atoms with E-state index in [1.165, 1.54) is 0 Å². The topological polar surface area (TPSA) is 98.0 Å². The SMILES string of the molecule is NCCN1CN2CCN(C1)CN(CCN)C2.[Cu+].[OH3+]. The van der Waals surface area contributed by atoms with E-state index >= 15 is 0 Å². The molecule has 7 nitrogen and oxygen atoms in total. The molecule has 0 unspecified atom stereocenters. The maximum absolute atomic E-state index is 5.63. The van der Waals surface area contributed by atoms with Crippen molar-refractivity contribution in [2.45, 2.75) is 0 Å². The van der Waals surface area contributed by atoms with Crippen molar-refractivity contribution in [1.29, 1.82) is 0 Å². The van der Waals surface area contributed by atoms with Gasteiger partial charge in [0.25, 0.3) is 0 Å². The molecule has 112 valence electrons. The van der Waals surface area contributed by atoms with Crippen LogP contribution >= 0.6 is 0 Å². The number of fused-ring (bicyclic) bond motifs is 3. The normalized spacial score (nSPS) is 29.0. The van der Waals surface area contributed by atoms with Crippen molar-refractivity contribution in [2.75, 3.05) is 65.9 Å². The van der Waals surface area contributed by atoms with Crippen molar-refractivity contribution in [3.63, 3.8) is 0 Å². The van der Waals surface area contributed by atoms with Crippen LogP contribution in [0.25, 0.3) is 0 Å². The van der Waals surface area contributed by atoms with Crippen molar-refractivity contribution in [1.82, 2.24) is 19.6 Å². The zero-order valence-corrected chi connectivity index (χ0v) is 11.8. The summed E-state index contributed by atoms with van der Waals surface area (Å²) >= 11 is 0. The summed E-state index contributed by atoms with van der Waals surface area (Å²) in [7, 11) is 0. The zero-order valence-electron chi connectivity index (χ0n) is 10.9. The van der Waals surface area contributed by atoms with Crippen LogP contribution in [-0.4, -0.2) is 85.5 Å². The summed E-state index contributed by atoms with van der Waals surface area (Å²) in [4.78, 5) is 9.82. The van der Waals surface area contributed by atoms with Crippen molar-refractivity contribution in [3.8, 4) is 0 Å². The Hall–Kier alpha value is 0.239. The molecule has 0 amide bonds. The third-order valence-electron chi connectivity index (χ3n) is 3.22. The molecule has 0 atom stereocenters. The number of nitrogens with zero attached hydrogens (tertiary/aromatic N) is 4. The molecule has 2 fully saturated rings. The molecule has 0 aromatic rings. The van der Waals surface area contributed by atoms with Gasteiger partial charge in [-0.2, -0.15) is 0 Å². The Morgan fingerprint density at radius 2 is 1.06 bits per heavy atom. The molecule has 0 spiro atoms. The first-order valence-corrected chi connectivity index (χ1v) is 6.11. The van der Waals surface area contributed by atoms with Crippen molar-refractivity contribution in [3.05, 3.63) is 0 Å². The second-order valence-electron chi connectivity index (χ2n) is 4.72. The van der Waals surface area contributed by atoms with Crippen LogP contribution in [0.2, 0.25) is 0 Å². The minimum Gasteiger partial charge on any atom is -0.457 e. The Balaban J connectivity index is 0.00000144. The van der Waals surface area contributed by atoms with E-state index in [2.05, 4.69) is 19.6 Å². The van der Waals surface area contributed by atoms with Crippen molar-refractivity contribution < 1.29 is 22.5 Å². The van der Waals surface area contributed by atoms with Gasteiger partial charge in [-0.1, -0.05) is 0 Å². The van der Waals surface area contributed by atoms with E-state index in [0.29, 0.717) is 0 Å². The van der Waals surface area contributed by atoms with E-state index in [1.54, 1.807) is 0 Å². The molecule has 0 saturated carbocycles. The van der Waals surface area contributed by atoms with Crippen LogP contribution in [0.1, 0.15) is 0 Å². The fourth-order valence-corrected chi connectivity index (χ4v) is 2.52. The van der Waals surface area contributed by atoms with Gasteiger partial charge in [0.1, 0.15) is 0 Å². The Morgan fingerprint density at radius 3 is 1.33 bits per heavy atom. The fraction of sp³-hybridized carbons (Fsp3) is 1.00. The van der Waals surface area contributed by atoms with E-state index < -0.39 is 0 Å². The van der Waals surface area contributed by atoms with E-state index in [0.717, 1.165) is 65.9 Å². The van der Waals surface area contributed by atoms with Crippen LogP contribution < -0.4 is 11.5 Å². The largest absolute Gasteiger partial charge is 1.00 e. The number of rotatable bonds is 4. The molecule has 0 radical (unpaired) electrons. The van der Waals surface area contributed by atoms with Gasteiger partial charge in [0.2, 0.25) is 0 Å². The average molecular weight is 311 g/mol. The third kappa shape index (κ3) is 5.08. The summed E-state index contributed by atoms with van der Waals surface area (Å²) in [5.41, 5.74) is 11.3. The second-order valence-corrected chi connectivity index (χ2v) is 4.72. The molecule has 7 N–H and O–H groups in total. The summed E-state index contributed by atoms with van der Waals surface area (Å²) in [6.07, 6.45) is 0. The number of nitrogens with two attached hydrogens (primary N) is 2. The van der Waals surface area contributed by atoms with Crippen LogP contribution in [0.15, 0.2) is 0 Å². The zero-order chi connectivity index (χ0) is 11.4. The molecule has 2 rings (SSSR count).